The van der Waals surface area contributed by atoms with Gasteiger partial charge in [-0.2, -0.15) is 0 Å². The van der Waals surface area contributed by atoms with Gasteiger partial charge in [-0.15, -0.1) is 0 Å². The van der Waals surface area contributed by atoms with Crippen LogP contribution >= 0.6 is 0 Å². The van der Waals surface area contributed by atoms with Crippen molar-refractivity contribution in [3.8, 4) is 22.8 Å². The van der Waals surface area contributed by atoms with Crippen LogP contribution in [0.25, 0.3) is 11.3 Å². The summed E-state index contributed by atoms with van der Waals surface area (Å²) in [5.74, 6) is 1.69. The average molecular weight is 379 g/mol. The molecule has 0 unspecified atom stereocenters. The zero-order chi connectivity index (χ0) is 19.6. The van der Waals surface area contributed by atoms with Gasteiger partial charge in [-0.3, -0.25) is 0 Å². The highest BCUT2D eigenvalue weighted by molar-refractivity contribution is 5.71. The van der Waals surface area contributed by atoms with Crippen LogP contribution in [-0.2, 0) is 22.6 Å². The highest BCUT2D eigenvalue weighted by atomic mass is 16.6. The van der Waals surface area contributed by atoms with E-state index in [-0.39, 0.29) is 18.8 Å². The van der Waals surface area contributed by atoms with E-state index in [4.69, 9.17) is 18.6 Å². The third-order valence-corrected chi connectivity index (χ3v) is 4.37. The summed E-state index contributed by atoms with van der Waals surface area (Å²) in [5, 5.41) is 0. The number of carbonyl (C=O) groups is 1. The van der Waals surface area contributed by atoms with Crippen molar-refractivity contribution in [3.05, 3.63) is 66.2 Å². The van der Waals surface area contributed by atoms with Gasteiger partial charge < -0.3 is 18.6 Å². The summed E-state index contributed by atoms with van der Waals surface area (Å²) in [6, 6.07) is 15.3. The molecule has 0 bridgehead atoms. The fourth-order valence-corrected chi connectivity index (χ4v) is 3.13. The third-order valence-electron chi connectivity index (χ3n) is 4.37. The first kappa shape index (κ1) is 18.1. The lowest BCUT2D eigenvalue weighted by Crippen LogP contribution is -2.24. The molecule has 6 nitrogen and oxygen atoms in total. The van der Waals surface area contributed by atoms with Gasteiger partial charge in [-0.05, 0) is 19.9 Å². The number of benzene rings is 2. The quantitative estimate of drug-likeness (QED) is 0.599. The zero-order valence-electron chi connectivity index (χ0n) is 15.8. The molecule has 0 fully saturated rings. The minimum Gasteiger partial charge on any atom is -0.483 e. The van der Waals surface area contributed by atoms with E-state index >= 15 is 0 Å². The van der Waals surface area contributed by atoms with E-state index in [1.165, 1.54) is 0 Å². The zero-order valence-corrected chi connectivity index (χ0v) is 15.8. The first-order chi connectivity index (χ1) is 13.5. The lowest BCUT2D eigenvalue weighted by molar-refractivity contribution is -0.148. The van der Waals surface area contributed by atoms with Gasteiger partial charge in [0.1, 0.15) is 5.60 Å². The molecule has 0 atom stereocenters. The van der Waals surface area contributed by atoms with Gasteiger partial charge in [0.05, 0.1) is 6.20 Å². The molecule has 6 heteroatoms. The fourth-order valence-electron chi connectivity index (χ4n) is 3.13. The highest BCUT2D eigenvalue weighted by Crippen LogP contribution is 2.41. The van der Waals surface area contributed by atoms with Gasteiger partial charge in [0, 0.05) is 17.5 Å². The van der Waals surface area contributed by atoms with Crippen LogP contribution in [0.2, 0.25) is 0 Å². The molecule has 2 aromatic carbocycles. The number of rotatable bonds is 6. The predicted octanol–water partition coefficient (Wildman–Crippen LogP) is 4.18. The molecule has 0 spiro atoms. The number of fused-ring (bicyclic) bond motifs is 1. The van der Waals surface area contributed by atoms with Crippen molar-refractivity contribution in [2.75, 3.05) is 6.61 Å². The van der Waals surface area contributed by atoms with E-state index in [0.717, 1.165) is 17.5 Å². The van der Waals surface area contributed by atoms with Gasteiger partial charge in [-0.25, -0.2) is 9.78 Å². The van der Waals surface area contributed by atoms with Crippen LogP contribution in [-0.4, -0.2) is 23.2 Å². The Morgan fingerprint density at radius 2 is 1.96 bits per heavy atom. The molecule has 1 aliphatic rings. The van der Waals surface area contributed by atoms with Gasteiger partial charge in [0.15, 0.2) is 30.5 Å². The highest BCUT2D eigenvalue weighted by Gasteiger charge is 2.32. The van der Waals surface area contributed by atoms with Crippen LogP contribution in [0.15, 0.2) is 59.1 Å². The molecular formula is C22H21NO5. The van der Waals surface area contributed by atoms with E-state index in [0.29, 0.717) is 23.1 Å². The molecule has 0 radical (unpaired) electrons. The maximum absolute atomic E-state index is 12.0. The van der Waals surface area contributed by atoms with Crippen molar-refractivity contribution < 1.29 is 23.4 Å². The summed E-state index contributed by atoms with van der Waals surface area (Å²) < 4.78 is 22.4. The standard InChI is InChI=1S/C22H21NO5/c1-22(2)11-16-9-6-10-17(21(16)28-22)25-14-20(24)26-13-19-23-12-18(27-19)15-7-4-3-5-8-15/h3-10,12H,11,13-14H2,1-2H3. The summed E-state index contributed by atoms with van der Waals surface area (Å²) in [6.45, 7) is 3.77. The molecule has 1 aliphatic heterocycles. The van der Waals surface area contributed by atoms with E-state index in [9.17, 15) is 4.79 Å². The molecule has 0 amide bonds. The maximum atomic E-state index is 12.0. The summed E-state index contributed by atoms with van der Waals surface area (Å²) in [6.07, 6.45) is 2.42. The molecule has 2 heterocycles. The number of oxazole rings is 1. The third kappa shape index (κ3) is 4.01. The number of esters is 1. The monoisotopic (exact) mass is 379 g/mol. The van der Waals surface area contributed by atoms with Crippen LogP contribution in [0.4, 0.5) is 0 Å². The van der Waals surface area contributed by atoms with E-state index < -0.39 is 5.97 Å². The molecular weight excluding hydrogens is 358 g/mol. The molecule has 0 N–H and O–H groups in total. The van der Waals surface area contributed by atoms with Gasteiger partial charge in [0.25, 0.3) is 0 Å². The van der Waals surface area contributed by atoms with Crippen LogP contribution in [0.1, 0.15) is 25.3 Å². The number of hydrogen-bond donors (Lipinski definition) is 0. The molecule has 4 rings (SSSR count). The van der Waals surface area contributed by atoms with Crippen molar-refractivity contribution in [1.82, 2.24) is 4.98 Å². The van der Waals surface area contributed by atoms with Crippen LogP contribution in [0.3, 0.4) is 0 Å². The van der Waals surface area contributed by atoms with Crippen LogP contribution < -0.4 is 9.47 Å². The number of para-hydroxylation sites is 1. The molecule has 28 heavy (non-hydrogen) atoms. The minimum atomic E-state index is -0.505. The second-order valence-corrected chi connectivity index (χ2v) is 7.22. The molecule has 0 saturated heterocycles. The molecule has 0 saturated carbocycles. The van der Waals surface area contributed by atoms with Crippen LogP contribution in [0, 0.1) is 0 Å². The lowest BCUT2D eigenvalue weighted by Gasteiger charge is -2.18. The Morgan fingerprint density at radius 1 is 1.14 bits per heavy atom. The first-order valence-electron chi connectivity index (χ1n) is 9.10. The number of hydrogen-bond acceptors (Lipinski definition) is 6. The van der Waals surface area contributed by atoms with Gasteiger partial charge in [-0.1, -0.05) is 42.5 Å². The summed E-state index contributed by atoms with van der Waals surface area (Å²) in [7, 11) is 0. The molecule has 3 aromatic rings. The topological polar surface area (TPSA) is 70.8 Å². The van der Waals surface area contributed by atoms with E-state index in [2.05, 4.69) is 4.98 Å². The first-order valence-corrected chi connectivity index (χ1v) is 9.10. The maximum Gasteiger partial charge on any atom is 0.344 e. The number of ether oxygens (including phenoxy) is 3. The largest absolute Gasteiger partial charge is 0.483 e. The summed E-state index contributed by atoms with van der Waals surface area (Å²) >= 11 is 0. The van der Waals surface area contributed by atoms with Crippen molar-refractivity contribution >= 4 is 5.97 Å². The Bertz CT molecular complexity index is 978. The number of aromatic nitrogens is 1. The minimum absolute atomic E-state index is 0.0501. The number of carbonyl (C=O) groups excluding carboxylic acids is 1. The van der Waals surface area contributed by atoms with Crippen molar-refractivity contribution in [1.29, 1.82) is 0 Å². The average Bonchev–Trinajstić information content (AvgIpc) is 3.28. The Morgan fingerprint density at radius 3 is 2.79 bits per heavy atom. The van der Waals surface area contributed by atoms with Crippen molar-refractivity contribution in [2.45, 2.75) is 32.5 Å². The second-order valence-electron chi connectivity index (χ2n) is 7.22. The Hall–Kier alpha value is -3.28. The lowest BCUT2D eigenvalue weighted by atomic mass is 10.0. The van der Waals surface area contributed by atoms with Crippen molar-refractivity contribution in [3.63, 3.8) is 0 Å². The van der Waals surface area contributed by atoms with Crippen LogP contribution in [0.5, 0.6) is 11.5 Å². The Labute approximate surface area is 163 Å². The van der Waals surface area contributed by atoms with Gasteiger partial charge >= 0.3 is 5.97 Å². The predicted molar refractivity (Wildman–Crippen MR) is 102 cm³/mol. The van der Waals surface area contributed by atoms with E-state index in [1.807, 2.05) is 56.3 Å². The SMILES string of the molecule is CC1(C)Cc2cccc(OCC(=O)OCc3ncc(-c4ccccc4)o3)c2O1. The summed E-state index contributed by atoms with van der Waals surface area (Å²) in [5.41, 5.74) is 1.71. The van der Waals surface area contributed by atoms with Gasteiger partial charge in [0.2, 0.25) is 5.89 Å². The normalized spacial score (nSPS) is 14.2. The Balaban J connectivity index is 1.31. The molecule has 0 aliphatic carbocycles. The van der Waals surface area contributed by atoms with Crippen molar-refractivity contribution in [2.24, 2.45) is 0 Å². The number of nitrogens with zero attached hydrogens (tertiary/aromatic N) is 1. The second kappa shape index (κ2) is 7.38. The van der Waals surface area contributed by atoms with E-state index in [1.54, 1.807) is 12.3 Å². The summed E-state index contributed by atoms with van der Waals surface area (Å²) in [4.78, 5) is 16.2. The smallest absolute Gasteiger partial charge is 0.344 e. The Kier molecular flexibility index (Phi) is 4.77. The fraction of sp³-hybridized carbons (Fsp3) is 0.273. The molecule has 1 aromatic heterocycles. The molecule has 144 valence electrons.